The van der Waals surface area contributed by atoms with E-state index in [9.17, 15) is 0 Å². The van der Waals surface area contributed by atoms with Crippen LogP contribution in [0.25, 0.3) is 0 Å². The minimum absolute atomic E-state index is 0. The number of methoxy groups -OCH3 is 2. The number of rotatable bonds is 9. The molecule has 29 heavy (non-hydrogen) atoms. The highest BCUT2D eigenvalue weighted by Crippen LogP contribution is 2.35. The highest BCUT2D eigenvalue weighted by Gasteiger charge is 2.13. The molecule has 0 aliphatic rings. The predicted molar refractivity (Wildman–Crippen MR) is 120 cm³/mol. The average molecular weight is 434 g/mol. The average Bonchev–Trinajstić information content (AvgIpc) is 2.74. The van der Waals surface area contributed by atoms with E-state index in [4.69, 9.17) is 25.8 Å². The molecule has 1 N–H and O–H groups in total. The molecule has 154 valence electrons. The molecule has 0 spiro atoms. The van der Waals surface area contributed by atoms with E-state index in [1.165, 1.54) is 5.56 Å². The summed E-state index contributed by atoms with van der Waals surface area (Å²) < 4.78 is 16.8. The number of ether oxygens (including phenoxy) is 3. The maximum atomic E-state index is 6.27. The van der Waals surface area contributed by atoms with Crippen LogP contribution in [-0.4, -0.2) is 14.2 Å². The molecular formula is C23H25Cl2NO3. The largest absolute Gasteiger partial charge is 0.497 e. The molecule has 0 bridgehead atoms. The lowest BCUT2D eigenvalue weighted by atomic mass is 10.1. The molecule has 0 radical (unpaired) electrons. The van der Waals surface area contributed by atoms with Crippen LogP contribution in [0.3, 0.4) is 0 Å². The summed E-state index contributed by atoms with van der Waals surface area (Å²) in [5, 5.41) is 4.05. The highest BCUT2D eigenvalue weighted by atomic mass is 35.5. The molecule has 6 heteroatoms. The van der Waals surface area contributed by atoms with Crippen LogP contribution in [0.5, 0.6) is 17.2 Å². The van der Waals surface area contributed by atoms with E-state index in [1.54, 1.807) is 20.3 Å². The van der Waals surface area contributed by atoms with Gasteiger partial charge < -0.3 is 19.5 Å². The smallest absolute Gasteiger partial charge is 0.166 e. The minimum atomic E-state index is 0. The van der Waals surface area contributed by atoms with Crippen molar-refractivity contribution in [2.24, 2.45) is 0 Å². The summed E-state index contributed by atoms with van der Waals surface area (Å²) >= 11 is 6.27. The molecule has 0 heterocycles. The second kappa shape index (κ2) is 11.6. The Hall–Kier alpha value is -2.40. The van der Waals surface area contributed by atoms with E-state index in [2.05, 4.69) is 5.32 Å². The lowest BCUT2D eigenvalue weighted by Gasteiger charge is -2.16. The maximum absolute atomic E-state index is 6.27. The first-order valence-electron chi connectivity index (χ1n) is 9.06. The topological polar surface area (TPSA) is 39.7 Å². The number of nitrogens with one attached hydrogen (secondary N) is 1. The van der Waals surface area contributed by atoms with E-state index >= 15 is 0 Å². The van der Waals surface area contributed by atoms with E-state index in [-0.39, 0.29) is 12.4 Å². The van der Waals surface area contributed by atoms with Crippen LogP contribution < -0.4 is 19.5 Å². The fourth-order valence-corrected chi connectivity index (χ4v) is 3.11. The third kappa shape index (κ3) is 6.57. The zero-order valence-corrected chi connectivity index (χ0v) is 18.1. The van der Waals surface area contributed by atoms with Gasteiger partial charge in [0.05, 0.1) is 14.2 Å². The molecular weight excluding hydrogens is 409 g/mol. The molecule has 0 saturated carbocycles. The molecule has 3 rings (SSSR count). The number of benzene rings is 3. The fraction of sp³-hybridized carbons (Fsp3) is 0.217. The molecule has 0 atom stereocenters. The molecule has 0 saturated heterocycles. The van der Waals surface area contributed by atoms with Gasteiger partial charge in [-0.2, -0.15) is 0 Å². The summed E-state index contributed by atoms with van der Waals surface area (Å²) in [4.78, 5) is 0. The summed E-state index contributed by atoms with van der Waals surface area (Å²) in [6.45, 7) is 1.79. The van der Waals surface area contributed by atoms with Gasteiger partial charge in [0.2, 0.25) is 0 Å². The molecule has 4 nitrogen and oxygen atoms in total. The van der Waals surface area contributed by atoms with Gasteiger partial charge in [-0.15, -0.1) is 12.4 Å². The molecule has 0 unspecified atom stereocenters. The second-order valence-corrected chi connectivity index (χ2v) is 6.76. The van der Waals surface area contributed by atoms with Crippen LogP contribution in [0.4, 0.5) is 0 Å². The predicted octanol–water partition coefficient (Wildman–Crippen LogP) is 5.65. The second-order valence-electron chi connectivity index (χ2n) is 6.32. The zero-order chi connectivity index (χ0) is 19.8. The Kier molecular flexibility index (Phi) is 9.13. The van der Waals surface area contributed by atoms with Crippen molar-refractivity contribution in [3.8, 4) is 17.2 Å². The quantitative estimate of drug-likeness (QED) is 0.473. The summed E-state index contributed by atoms with van der Waals surface area (Å²) in [5.41, 5.74) is 3.21. The molecule has 0 aliphatic heterocycles. The van der Waals surface area contributed by atoms with Gasteiger partial charge in [0.15, 0.2) is 11.5 Å². The van der Waals surface area contributed by atoms with Crippen LogP contribution in [0.15, 0.2) is 66.7 Å². The highest BCUT2D eigenvalue weighted by molar-refractivity contribution is 6.30. The van der Waals surface area contributed by atoms with E-state index in [1.807, 2.05) is 60.7 Å². The summed E-state index contributed by atoms with van der Waals surface area (Å²) in [6, 6.07) is 21.7. The van der Waals surface area contributed by atoms with Gasteiger partial charge in [-0.25, -0.2) is 0 Å². The van der Waals surface area contributed by atoms with Gasteiger partial charge in [0, 0.05) is 29.7 Å². The van der Waals surface area contributed by atoms with Crippen molar-refractivity contribution >= 4 is 24.0 Å². The van der Waals surface area contributed by atoms with Crippen molar-refractivity contribution in [1.82, 2.24) is 5.32 Å². The minimum Gasteiger partial charge on any atom is -0.497 e. The third-order valence-electron chi connectivity index (χ3n) is 4.35. The third-order valence-corrected chi connectivity index (χ3v) is 4.56. The number of hydrogen-bond acceptors (Lipinski definition) is 4. The normalized spacial score (nSPS) is 10.2. The van der Waals surface area contributed by atoms with Gasteiger partial charge >= 0.3 is 0 Å². The molecule has 0 amide bonds. The van der Waals surface area contributed by atoms with Crippen molar-refractivity contribution in [3.63, 3.8) is 0 Å². The first kappa shape index (κ1) is 22.9. The van der Waals surface area contributed by atoms with E-state index in [0.717, 1.165) is 23.4 Å². The Balaban J connectivity index is 0.00000300. The monoisotopic (exact) mass is 433 g/mol. The Morgan fingerprint density at radius 3 is 2.21 bits per heavy atom. The fourth-order valence-electron chi connectivity index (χ4n) is 2.88. The van der Waals surface area contributed by atoms with Crippen molar-refractivity contribution in [2.45, 2.75) is 19.7 Å². The van der Waals surface area contributed by atoms with Crippen LogP contribution in [-0.2, 0) is 19.7 Å². The van der Waals surface area contributed by atoms with Crippen molar-refractivity contribution in [2.75, 3.05) is 14.2 Å². The first-order chi connectivity index (χ1) is 13.7. The van der Waals surface area contributed by atoms with Crippen LogP contribution in [0, 0.1) is 0 Å². The maximum Gasteiger partial charge on any atom is 0.166 e. The SMILES string of the molecule is COc1ccc(CNCc2cc(Cl)cc(OC)c2OCc2ccccc2)cc1.Cl. The summed E-state index contributed by atoms with van der Waals surface area (Å²) in [6.07, 6.45) is 0. The Labute approximate surface area is 183 Å². The summed E-state index contributed by atoms with van der Waals surface area (Å²) in [5.74, 6) is 2.18. The van der Waals surface area contributed by atoms with Crippen molar-refractivity contribution in [3.05, 3.63) is 88.4 Å². The van der Waals surface area contributed by atoms with Gasteiger partial charge in [-0.3, -0.25) is 0 Å². The molecule has 3 aromatic rings. The van der Waals surface area contributed by atoms with Gasteiger partial charge in [0.1, 0.15) is 12.4 Å². The molecule has 0 aromatic heterocycles. The van der Waals surface area contributed by atoms with Gasteiger partial charge in [0.25, 0.3) is 0 Å². The lowest BCUT2D eigenvalue weighted by Crippen LogP contribution is -2.14. The van der Waals surface area contributed by atoms with E-state index < -0.39 is 0 Å². The number of halogens is 2. The lowest BCUT2D eigenvalue weighted by molar-refractivity contribution is 0.280. The summed E-state index contributed by atoms with van der Waals surface area (Å²) in [7, 11) is 3.28. The Bertz CT molecular complexity index is 887. The van der Waals surface area contributed by atoms with Crippen molar-refractivity contribution in [1.29, 1.82) is 0 Å². The Morgan fingerprint density at radius 1 is 0.828 bits per heavy atom. The first-order valence-corrected chi connectivity index (χ1v) is 9.44. The van der Waals surface area contributed by atoms with E-state index in [0.29, 0.717) is 29.7 Å². The molecule has 0 aliphatic carbocycles. The van der Waals surface area contributed by atoms with Crippen LogP contribution in [0.2, 0.25) is 5.02 Å². The standard InChI is InChI=1S/C23H24ClNO3.ClH/c1-26-21-10-8-17(9-11-21)14-25-15-19-12-20(24)13-22(27-2)23(19)28-16-18-6-4-3-5-7-18;/h3-13,25H,14-16H2,1-2H3;1H. The zero-order valence-electron chi connectivity index (χ0n) is 16.5. The molecule has 3 aromatic carbocycles. The molecule has 0 fully saturated rings. The van der Waals surface area contributed by atoms with Crippen molar-refractivity contribution < 1.29 is 14.2 Å². The van der Waals surface area contributed by atoms with Gasteiger partial charge in [-0.1, -0.05) is 54.1 Å². The van der Waals surface area contributed by atoms with Crippen LogP contribution in [0.1, 0.15) is 16.7 Å². The number of hydrogen-bond donors (Lipinski definition) is 1. The Morgan fingerprint density at radius 2 is 1.55 bits per heavy atom. The van der Waals surface area contributed by atoms with Crippen LogP contribution >= 0.6 is 24.0 Å². The van der Waals surface area contributed by atoms with Gasteiger partial charge in [-0.05, 0) is 29.3 Å².